The van der Waals surface area contributed by atoms with Gasteiger partial charge in [0.1, 0.15) is 5.82 Å². The number of rotatable bonds is 3. The van der Waals surface area contributed by atoms with E-state index in [1.54, 1.807) is 12.3 Å². The molecule has 1 saturated heterocycles. The van der Waals surface area contributed by atoms with E-state index >= 15 is 0 Å². The van der Waals surface area contributed by atoms with Crippen molar-refractivity contribution < 1.29 is 14.4 Å². The van der Waals surface area contributed by atoms with E-state index in [-0.39, 0.29) is 17.2 Å². The second-order valence-corrected chi connectivity index (χ2v) is 10.00. The Hall–Kier alpha value is -3.09. The maximum atomic E-state index is 12.5. The van der Waals surface area contributed by atoms with Crippen molar-refractivity contribution in [3.63, 3.8) is 0 Å². The van der Waals surface area contributed by atoms with Crippen molar-refractivity contribution in [3.8, 4) is 0 Å². The molecule has 1 aromatic heterocycles. The molecule has 7 heteroatoms. The molecule has 1 saturated carbocycles. The van der Waals surface area contributed by atoms with Gasteiger partial charge in [0.15, 0.2) is 6.29 Å². The molecule has 7 nitrogen and oxygen atoms in total. The summed E-state index contributed by atoms with van der Waals surface area (Å²) in [6.07, 6.45) is 8.61. The fourth-order valence-corrected chi connectivity index (χ4v) is 4.89. The number of carbonyl (C=O) groups excluding carboxylic acids is 3. The van der Waals surface area contributed by atoms with Crippen LogP contribution in [0.25, 0.3) is 0 Å². The van der Waals surface area contributed by atoms with Gasteiger partial charge in [0.05, 0.1) is 11.1 Å². The van der Waals surface area contributed by atoms with E-state index in [9.17, 15) is 14.4 Å². The topological polar surface area (TPSA) is 103 Å². The molecule has 2 N–H and O–H groups in total. The first-order chi connectivity index (χ1) is 15.6. The summed E-state index contributed by atoms with van der Waals surface area (Å²) < 4.78 is 0. The summed E-state index contributed by atoms with van der Waals surface area (Å²) in [5.41, 5.74) is 2.07. The Morgan fingerprint density at radius 2 is 2.00 bits per heavy atom. The van der Waals surface area contributed by atoms with Crippen LogP contribution in [0.5, 0.6) is 0 Å². The molecule has 2 atom stereocenters. The quantitative estimate of drug-likeness (QED) is 0.532. The smallest absolute Gasteiger partial charge is 0.237 e. The van der Waals surface area contributed by atoms with Gasteiger partial charge in [0, 0.05) is 30.3 Å². The number of hydrogen-bond acceptors (Lipinski definition) is 5. The van der Waals surface area contributed by atoms with Crippen molar-refractivity contribution >= 4 is 29.6 Å². The Balaban J connectivity index is 0.000000218. The van der Waals surface area contributed by atoms with Gasteiger partial charge in [0.2, 0.25) is 11.8 Å². The summed E-state index contributed by atoms with van der Waals surface area (Å²) in [6, 6.07) is 3.74. The molecular weight excluding hydrogens is 416 g/mol. The van der Waals surface area contributed by atoms with Gasteiger partial charge in [-0.1, -0.05) is 25.5 Å². The monoisotopic (exact) mass is 450 g/mol. The molecule has 176 valence electrons. The highest BCUT2D eigenvalue weighted by Gasteiger charge is 2.52. The first-order valence-corrected chi connectivity index (χ1v) is 11.5. The normalized spacial score (nSPS) is 26.5. The summed E-state index contributed by atoms with van der Waals surface area (Å²) >= 11 is 0. The Kier molecular flexibility index (Phi) is 7.00. The van der Waals surface area contributed by atoms with Gasteiger partial charge < -0.3 is 10.2 Å². The zero-order valence-electron chi connectivity index (χ0n) is 20.2. The standard InChI is InChI=1S/C16H15N3O2.C10H19NO/c1-2-10-7-16(8-11(10)6-12(17)9-20)13-4-3-5-18-14(13)19-15(16)21;1-5-8-6-9(12)11(7-8)10(2,3)4/h2-6,9,17H,7-8H2,1H3,(H,18,19,21);8H,5-7H2,1-4H3/b10-2-,11-6-,17-12?;. The molecule has 1 spiro atoms. The van der Waals surface area contributed by atoms with Gasteiger partial charge in [-0.15, -0.1) is 0 Å². The number of amides is 2. The highest BCUT2D eigenvalue weighted by Crippen LogP contribution is 2.52. The van der Waals surface area contributed by atoms with Crippen molar-refractivity contribution in [2.75, 3.05) is 11.9 Å². The minimum atomic E-state index is -0.652. The molecule has 0 bridgehead atoms. The van der Waals surface area contributed by atoms with Crippen molar-refractivity contribution in [1.29, 1.82) is 5.41 Å². The van der Waals surface area contributed by atoms with Crippen LogP contribution in [0.15, 0.2) is 41.6 Å². The molecule has 33 heavy (non-hydrogen) atoms. The van der Waals surface area contributed by atoms with Crippen LogP contribution in [0, 0.1) is 11.3 Å². The average molecular weight is 451 g/mol. The van der Waals surface area contributed by atoms with Crippen LogP contribution >= 0.6 is 0 Å². The number of likely N-dealkylation sites (tertiary alicyclic amines) is 1. The van der Waals surface area contributed by atoms with Gasteiger partial charge >= 0.3 is 0 Å². The van der Waals surface area contributed by atoms with E-state index in [2.05, 4.69) is 38.0 Å². The van der Waals surface area contributed by atoms with Crippen LogP contribution in [-0.2, 0) is 19.8 Å². The largest absolute Gasteiger partial charge is 0.338 e. The lowest BCUT2D eigenvalue weighted by Gasteiger charge is -2.32. The van der Waals surface area contributed by atoms with E-state index in [0.29, 0.717) is 36.8 Å². The molecule has 2 fully saturated rings. The lowest BCUT2D eigenvalue weighted by Crippen LogP contribution is -2.42. The lowest BCUT2D eigenvalue weighted by molar-refractivity contribution is -0.131. The van der Waals surface area contributed by atoms with Crippen LogP contribution in [0.2, 0.25) is 0 Å². The number of aromatic nitrogens is 1. The fourth-order valence-electron chi connectivity index (χ4n) is 4.89. The molecule has 1 aliphatic carbocycles. The number of nitrogens with zero attached hydrogens (tertiary/aromatic N) is 2. The molecule has 2 amide bonds. The zero-order chi connectivity index (χ0) is 24.4. The Morgan fingerprint density at radius 1 is 1.30 bits per heavy atom. The van der Waals surface area contributed by atoms with Crippen LogP contribution in [-0.4, -0.2) is 45.8 Å². The van der Waals surface area contributed by atoms with E-state index in [1.165, 1.54) is 0 Å². The lowest BCUT2D eigenvalue weighted by atomic mass is 9.80. The van der Waals surface area contributed by atoms with Crippen LogP contribution in [0.3, 0.4) is 0 Å². The number of aldehydes is 1. The van der Waals surface area contributed by atoms with Crippen LogP contribution < -0.4 is 5.32 Å². The van der Waals surface area contributed by atoms with Crippen molar-refractivity contribution in [2.24, 2.45) is 5.92 Å². The Morgan fingerprint density at radius 3 is 2.55 bits per heavy atom. The molecule has 4 rings (SSSR count). The number of pyridine rings is 1. The number of anilines is 1. The van der Waals surface area contributed by atoms with Crippen LogP contribution in [0.1, 0.15) is 65.9 Å². The first kappa shape index (κ1) is 24.6. The average Bonchev–Trinajstić information content (AvgIpc) is 3.42. The molecule has 3 aliphatic rings. The molecular formula is C26H34N4O3. The molecule has 3 heterocycles. The first-order valence-electron chi connectivity index (χ1n) is 11.5. The summed E-state index contributed by atoms with van der Waals surface area (Å²) in [5.74, 6) is 1.48. The second-order valence-electron chi connectivity index (χ2n) is 10.00. The number of hydrogen-bond donors (Lipinski definition) is 2. The fraction of sp³-hybridized carbons (Fsp3) is 0.500. The summed E-state index contributed by atoms with van der Waals surface area (Å²) in [7, 11) is 0. The molecule has 0 aromatic carbocycles. The third-order valence-corrected chi connectivity index (χ3v) is 6.78. The van der Waals surface area contributed by atoms with Crippen molar-refractivity contribution in [2.45, 2.75) is 71.3 Å². The number of nitrogens with one attached hydrogen (secondary N) is 2. The van der Waals surface area contributed by atoms with Gasteiger partial charge in [-0.2, -0.15) is 0 Å². The highest BCUT2D eigenvalue weighted by atomic mass is 16.2. The molecule has 1 aromatic rings. The van der Waals surface area contributed by atoms with E-state index in [4.69, 9.17) is 5.41 Å². The van der Waals surface area contributed by atoms with E-state index < -0.39 is 5.41 Å². The second kappa shape index (κ2) is 9.41. The molecule has 2 unspecified atom stereocenters. The predicted molar refractivity (Wildman–Crippen MR) is 129 cm³/mol. The SMILES string of the molecule is C/C=C1/CC2(C/C1=C/C(=N)C=O)C(=O)Nc1ncccc12.CCC1CC(=O)N(C(C)(C)C)C1. The van der Waals surface area contributed by atoms with Crippen molar-refractivity contribution in [1.82, 2.24) is 9.88 Å². The summed E-state index contributed by atoms with van der Waals surface area (Å²) in [5, 5.41) is 10.4. The minimum Gasteiger partial charge on any atom is -0.338 e. The maximum Gasteiger partial charge on any atom is 0.237 e. The van der Waals surface area contributed by atoms with Gasteiger partial charge in [-0.05, 0) is 69.7 Å². The van der Waals surface area contributed by atoms with Gasteiger partial charge in [0.25, 0.3) is 0 Å². The molecule has 2 aliphatic heterocycles. The maximum absolute atomic E-state index is 12.5. The number of allylic oxidation sites excluding steroid dienone is 4. The Bertz CT molecular complexity index is 1030. The van der Waals surface area contributed by atoms with Crippen molar-refractivity contribution in [3.05, 3.63) is 47.2 Å². The molecule has 0 radical (unpaired) electrons. The van der Waals surface area contributed by atoms with Crippen LogP contribution in [0.4, 0.5) is 5.82 Å². The Labute approximate surface area is 195 Å². The summed E-state index contributed by atoms with van der Waals surface area (Å²) in [6.45, 7) is 11.3. The highest BCUT2D eigenvalue weighted by molar-refractivity contribution is 6.32. The predicted octanol–water partition coefficient (Wildman–Crippen LogP) is 4.20. The van der Waals surface area contributed by atoms with Gasteiger partial charge in [-0.25, -0.2) is 4.98 Å². The zero-order valence-corrected chi connectivity index (χ0v) is 20.2. The third-order valence-electron chi connectivity index (χ3n) is 6.78. The third kappa shape index (κ3) is 4.82. The minimum absolute atomic E-state index is 0.0149. The van der Waals surface area contributed by atoms with E-state index in [0.717, 1.165) is 36.1 Å². The van der Waals surface area contributed by atoms with Gasteiger partial charge in [-0.3, -0.25) is 19.8 Å². The van der Waals surface area contributed by atoms with E-state index in [1.807, 2.05) is 30.0 Å². The number of fused-ring (bicyclic) bond motifs is 2. The number of carbonyl (C=O) groups is 3. The summed E-state index contributed by atoms with van der Waals surface area (Å²) in [4.78, 5) is 40.9.